The lowest BCUT2D eigenvalue weighted by Crippen LogP contribution is -2.38. The third kappa shape index (κ3) is 4.51. The maximum absolute atomic E-state index is 12.4. The highest BCUT2D eigenvalue weighted by Gasteiger charge is 2.36. The van der Waals surface area contributed by atoms with Crippen LogP contribution < -0.4 is 19.7 Å². The molecule has 0 unspecified atom stereocenters. The van der Waals surface area contributed by atoms with E-state index in [-0.39, 0.29) is 42.1 Å². The Morgan fingerprint density at radius 2 is 2.04 bits per heavy atom. The van der Waals surface area contributed by atoms with Crippen LogP contribution in [0.4, 0.5) is 5.69 Å². The van der Waals surface area contributed by atoms with Crippen LogP contribution in [0.3, 0.4) is 0 Å². The fourth-order valence-corrected chi connectivity index (χ4v) is 5.04. The van der Waals surface area contributed by atoms with E-state index in [4.69, 9.17) is 4.74 Å². The molecule has 1 atom stereocenters. The van der Waals surface area contributed by atoms with E-state index in [9.17, 15) is 18.0 Å². The standard InChI is InChI=1S/C18H21N3O5S2/c1-26-15-6-3-2-5-14(15)21-12-13(11-16(21)22)18(23)19-8-9-20-28(24,25)17-7-4-10-27-17/h2-7,10,13,20H,8-9,11-12H2,1H3,(H,19,23)/t13-/m1/s1. The number of carbonyl (C=O) groups is 2. The van der Waals surface area contributed by atoms with Crippen molar-refractivity contribution in [2.75, 3.05) is 31.6 Å². The molecule has 2 N–H and O–H groups in total. The van der Waals surface area contributed by atoms with Gasteiger partial charge in [-0.05, 0) is 23.6 Å². The summed E-state index contributed by atoms with van der Waals surface area (Å²) in [7, 11) is -2.03. The Morgan fingerprint density at radius 3 is 2.75 bits per heavy atom. The highest BCUT2D eigenvalue weighted by molar-refractivity contribution is 7.91. The van der Waals surface area contributed by atoms with E-state index in [1.54, 1.807) is 34.5 Å². The summed E-state index contributed by atoms with van der Waals surface area (Å²) in [5.74, 6) is -0.352. The van der Waals surface area contributed by atoms with Crippen molar-refractivity contribution in [1.82, 2.24) is 10.0 Å². The number of ether oxygens (including phenoxy) is 1. The number of methoxy groups -OCH3 is 1. The first kappa shape index (κ1) is 20.3. The molecule has 2 aromatic rings. The second-order valence-electron chi connectivity index (χ2n) is 6.20. The smallest absolute Gasteiger partial charge is 0.250 e. The van der Waals surface area contributed by atoms with E-state index in [1.165, 1.54) is 13.2 Å². The molecular formula is C18H21N3O5S2. The third-order valence-corrected chi connectivity index (χ3v) is 7.21. The topological polar surface area (TPSA) is 105 Å². The van der Waals surface area contributed by atoms with Gasteiger partial charge in [-0.2, -0.15) is 0 Å². The van der Waals surface area contributed by atoms with Gasteiger partial charge in [0, 0.05) is 26.1 Å². The van der Waals surface area contributed by atoms with Crippen LogP contribution in [0.5, 0.6) is 5.75 Å². The van der Waals surface area contributed by atoms with Crippen molar-refractivity contribution >= 4 is 38.9 Å². The molecular weight excluding hydrogens is 402 g/mol. The molecule has 0 bridgehead atoms. The van der Waals surface area contributed by atoms with Crippen LogP contribution in [0.2, 0.25) is 0 Å². The minimum Gasteiger partial charge on any atom is -0.495 e. The molecule has 1 aliphatic heterocycles. The molecule has 8 nitrogen and oxygen atoms in total. The molecule has 1 saturated heterocycles. The number of sulfonamides is 1. The van der Waals surface area contributed by atoms with Crippen molar-refractivity contribution in [3.8, 4) is 5.75 Å². The van der Waals surface area contributed by atoms with Gasteiger partial charge in [-0.15, -0.1) is 11.3 Å². The van der Waals surface area contributed by atoms with E-state index >= 15 is 0 Å². The minimum absolute atomic E-state index is 0.0723. The van der Waals surface area contributed by atoms with E-state index in [0.29, 0.717) is 11.4 Å². The number of nitrogens with zero attached hydrogens (tertiary/aromatic N) is 1. The van der Waals surface area contributed by atoms with Crippen LogP contribution in [-0.4, -0.2) is 47.0 Å². The molecule has 10 heteroatoms. The molecule has 2 amide bonds. The van der Waals surface area contributed by atoms with Crippen LogP contribution in [0, 0.1) is 5.92 Å². The first-order chi connectivity index (χ1) is 13.4. The average Bonchev–Trinajstić information content (AvgIpc) is 3.35. The van der Waals surface area contributed by atoms with E-state index in [1.807, 2.05) is 6.07 Å². The molecule has 0 aliphatic carbocycles. The number of hydrogen-bond acceptors (Lipinski definition) is 6. The van der Waals surface area contributed by atoms with Crippen molar-refractivity contribution in [3.05, 3.63) is 41.8 Å². The second-order valence-corrected chi connectivity index (χ2v) is 9.14. The zero-order valence-corrected chi connectivity index (χ0v) is 16.9. The predicted octanol–water partition coefficient (Wildman–Crippen LogP) is 1.20. The van der Waals surface area contributed by atoms with Gasteiger partial charge in [0.25, 0.3) is 0 Å². The van der Waals surface area contributed by atoms with Crippen molar-refractivity contribution < 1.29 is 22.7 Å². The van der Waals surface area contributed by atoms with Gasteiger partial charge in [-0.25, -0.2) is 13.1 Å². The van der Waals surface area contributed by atoms with Crippen LogP contribution in [0.25, 0.3) is 0 Å². The van der Waals surface area contributed by atoms with Gasteiger partial charge in [0.2, 0.25) is 21.8 Å². The van der Waals surface area contributed by atoms with Gasteiger partial charge in [0.15, 0.2) is 0 Å². The summed E-state index contributed by atoms with van der Waals surface area (Å²) >= 11 is 1.12. The molecule has 2 heterocycles. The Morgan fingerprint density at radius 1 is 1.25 bits per heavy atom. The first-order valence-corrected chi connectivity index (χ1v) is 11.0. The van der Waals surface area contributed by atoms with Crippen LogP contribution >= 0.6 is 11.3 Å². The molecule has 28 heavy (non-hydrogen) atoms. The summed E-state index contributed by atoms with van der Waals surface area (Å²) in [5.41, 5.74) is 0.633. The molecule has 1 aliphatic rings. The van der Waals surface area contributed by atoms with Gasteiger partial charge in [0.1, 0.15) is 9.96 Å². The number of nitrogens with one attached hydrogen (secondary N) is 2. The monoisotopic (exact) mass is 423 g/mol. The van der Waals surface area contributed by atoms with Crippen LogP contribution in [0.15, 0.2) is 46.0 Å². The zero-order valence-electron chi connectivity index (χ0n) is 15.3. The van der Waals surface area contributed by atoms with Crippen LogP contribution in [-0.2, 0) is 19.6 Å². The van der Waals surface area contributed by atoms with Crippen LogP contribution in [0.1, 0.15) is 6.42 Å². The number of anilines is 1. The summed E-state index contributed by atoms with van der Waals surface area (Å²) < 4.78 is 32.0. The quantitative estimate of drug-likeness (QED) is 0.621. The Kier molecular flexibility index (Phi) is 6.32. The summed E-state index contributed by atoms with van der Waals surface area (Å²) in [4.78, 5) is 26.3. The normalized spacial score (nSPS) is 17.0. The Balaban J connectivity index is 1.51. The van der Waals surface area contributed by atoms with Gasteiger partial charge >= 0.3 is 0 Å². The first-order valence-electron chi connectivity index (χ1n) is 8.66. The number of amides is 2. The van der Waals surface area contributed by atoms with E-state index in [2.05, 4.69) is 10.0 Å². The number of benzene rings is 1. The molecule has 0 radical (unpaired) electrons. The van der Waals surface area contributed by atoms with Gasteiger partial charge in [0.05, 0.1) is 18.7 Å². The number of para-hydroxylation sites is 2. The summed E-state index contributed by atoms with van der Waals surface area (Å²) in [5, 5.41) is 4.37. The number of carbonyl (C=O) groups excluding carboxylic acids is 2. The Labute approximate surface area is 167 Å². The zero-order chi connectivity index (χ0) is 20.1. The lowest BCUT2D eigenvalue weighted by molar-refractivity contribution is -0.126. The van der Waals surface area contributed by atoms with Crippen molar-refractivity contribution in [1.29, 1.82) is 0 Å². The maximum atomic E-state index is 12.4. The lowest BCUT2D eigenvalue weighted by Gasteiger charge is -2.19. The van der Waals surface area contributed by atoms with Gasteiger partial charge in [-0.1, -0.05) is 18.2 Å². The molecule has 1 aromatic heterocycles. The largest absolute Gasteiger partial charge is 0.495 e. The number of thiophene rings is 1. The molecule has 3 rings (SSSR count). The molecule has 1 aromatic carbocycles. The van der Waals surface area contributed by atoms with Crippen molar-refractivity contribution in [3.63, 3.8) is 0 Å². The lowest BCUT2D eigenvalue weighted by atomic mass is 10.1. The maximum Gasteiger partial charge on any atom is 0.250 e. The number of rotatable bonds is 8. The van der Waals surface area contributed by atoms with E-state index in [0.717, 1.165) is 11.3 Å². The number of hydrogen-bond donors (Lipinski definition) is 2. The minimum atomic E-state index is -3.55. The highest BCUT2D eigenvalue weighted by atomic mass is 32.2. The molecule has 0 saturated carbocycles. The van der Waals surface area contributed by atoms with Gasteiger partial charge in [-0.3, -0.25) is 9.59 Å². The highest BCUT2D eigenvalue weighted by Crippen LogP contribution is 2.32. The fraction of sp³-hybridized carbons (Fsp3) is 0.333. The molecule has 150 valence electrons. The van der Waals surface area contributed by atoms with Crippen molar-refractivity contribution in [2.24, 2.45) is 5.92 Å². The predicted molar refractivity (Wildman–Crippen MR) is 106 cm³/mol. The summed E-state index contributed by atoms with van der Waals surface area (Å²) in [6.07, 6.45) is 0.102. The second kappa shape index (κ2) is 8.72. The van der Waals surface area contributed by atoms with Crippen molar-refractivity contribution in [2.45, 2.75) is 10.6 Å². The molecule has 0 spiro atoms. The SMILES string of the molecule is COc1ccccc1N1C[C@H](C(=O)NCCNS(=O)(=O)c2cccs2)CC1=O. The Bertz CT molecular complexity index is 944. The Hall–Kier alpha value is -2.43. The van der Waals surface area contributed by atoms with E-state index < -0.39 is 15.9 Å². The molecule has 1 fully saturated rings. The summed E-state index contributed by atoms with van der Waals surface area (Å²) in [6.45, 7) is 0.470. The fourth-order valence-electron chi connectivity index (χ4n) is 2.97. The summed E-state index contributed by atoms with van der Waals surface area (Å²) in [6, 6.07) is 10.3. The average molecular weight is 424 g/mol. The third-order valence-electron chi connectivity index (χ3n) is 4.35. The van der Waals surface area contributed by atoms with Gasteiger partial charge < -0.3 is 15.0 Å².